The zero-order valence-corrected chi connectivity index (χ0v) is 17.0. The highest BCUT2D eigenvalue weighted by molar-refractivity contribution is 6.00. The highest BCUT2D eigenvalue weighted by atomic mass is 16.4. The second kappa shape index (κ2) is 7.29. The van der Waals surface area contributed by atoms with Crippen LogP contribution < -0.4 is 5.32 Å². The first kappa shape index (κ1) is 18.9. The Labute approximate surface area is 179 Å². The number of nitriles is 1. The van der Waals surface area contributed by atoms with Gasteiger partial charge in [0, 0.05) is 41.6 Å². The molecule has 5 rings (SSSR count). The average molecular weight is 408 g/mol. The number of aromatic nitrogens is 2. The predicted octanol–water partition coefficient (Wildman–Crippen LogP) is 5.43. The molecule has 2 heterocycles. The lowest BCUT2D eigenvalue weighted by Crippen LogP contribution is -2.06. The minimum absolute atomic E-state index is 0.163. The van der Waals surface area contributed by atoms with Gasteiger partial charge < -0.3 is 15.0 Å². The molecule has 1 saturated carbocycles. The summed E-state index contributed by atoms with van der Waals surface area (Å²) in [4.78, 5) is 16.3. The molecule has 2 N–H and O–H groups in total. The lowest BCUT2D eigenvalue weighted by Gasteiger charge is -2.14. The summed E-state index contributed by atoms with van der Waals surface area (Å²) in [6.45, 7) is 0. The fourth-order valence-electron chi connectivity index (χ4n) is 4.06. The fraction of sp³-hybridized carbons (Fsp3) is 0.160. The van der Waals surface area contributed by atoms with Crippen LogP contribution >= 0.6 is 0 Å². The number of nitrogens with one attached hydrogen (secondary N) is 1. The largest absolute Gasteiger partial charge is 0.478 e. The number of rotatable bonds is 5. The number of hydrogen-bond acceptors (Lipinski definition) is 4. The molecule has 1 aliphatic carbocycles. The SMILES string of the molecule is Cn1ccc2cc(Nc3ncc(C4CC4)cc3C(=O)O)cc(-c3ccccc3C#N)c21. The number of fused-ring (bicyclic) bond motifs is 1. The van der Waals surface area contributed by atoms with Gasteiger partial charge >= 0.3 is 5.97 Å². The average Bonchev–Trinajstić information content (AvgIpc) is 3.56. The second-order valence-corrected chi connectivity index (χ2v) is 7.91. The van der Waals surface area contributed by atoms with Crippen molar-refractivity contribution in [2.45, 2.75) is 18.8 Å². The Hall–Kier alpha value is -4.11. The Morgan fingerprint density at radius 1 is 1.19 bits per heavy atom. The van der Waals surface area contributed by atoms with Gasteiger partial charge in [0.2, 0.25) is 0 Å². The summed E-state index contributed by atoms with van der Waals surface area (Å²) in [5.74, 6) is -0.269. The predicted molar refractivity (Wildman–Crippen MR) is 120 cm³/mol. The summed E-state index contributed by atoms with van der Waals surface area (Å²) in [5, 5.41) is 23.5. The van der Waals surface area contributed by atoms with Gasteiger partial charge in [-0.05, 0) is 54.7 Å². The third-order valence-electron chi connectivity index (χ3n) is 5.76. The number of carboxylic acids is 1. The van der Waals surface area contributed by atoms with E-state index in [0.29, 0.717) is 17.3 Å². The highest BCUT2D eigenvalue weighted by Crippen LogP contribution is 2.41. The maximum atomic E-state index is 11.9. The van der Waals surface area contributed by atoms with E-state index in [2.05, 4.69) is 16.4 Å². The van der Waals surface area contributed by atoms with Crippen molar-refractivity contribution in [3.63, 3.8) is 0 Å². The number of carboxylic acid groups (broad SMARTS) is 1. The van der Waals surface area contributed by atoms with Gasteiger partial charge in [0.15, 0.2) is 0 Å². The van der Waals surface area contributed by atoms with Crippen LogP contribution in [0.2, 0.25) is 0 Å². The first-order valence-corrected chi connectivity index (χ1v) is 10.1. The molecule has 31 heavy (non-hydrogen) atoms. The van der Waals surface area contributed by atoms with Crippen LogP contribution in [0.25, 0.3) is 22.0 Å². The van der Waals surface area contributed by atoms with E-state index >= 15 is 0 Å². The number of nitrogens with zero attached hydrogens (tertiary/aromatic N) is 3. The summed E-state index contributed by atoms with van der Waals surface area (Å²) in [5.41, 5.74) is 5.17. The van der Waals surface area contributed by atoms with Gasteiger partial charge in [-0.15, -0.1) is 0 Å². The van der Waals surface area contributed by atoms with Crippen molar-refractivity contribution in [2.75, 3.05) is 5.32 Å². The van der Waals surface area contributed by atoms with Gasteiger partial charge in [-0.3, -0.25) is 0 Å². The molecular formula is C25H20N4O2. The van der Waals surface area contributed by atoms with Crippen LogP contribution in [-0.4, -0.2) is 20.6 Å². The van der Waals surface area contributed by atoms with Crippen molar-refractivity contribution in [2.24, 2.45) is 7.05 Å². The van der Waals surface area contributed by atoms with Crippen LogP contribution in [0.1, 0.15) is 40.2 Å². The van der Waals surface area contributed by atoms with E-state index in [1.54, 1.807) is 18.3 Å². The smallest absolute Gasteiger partial charge is 0.339 e. The van der Waals surface area contributed by atoms with E-state index in [1.165, 1.54) is 0 Å². The molecule has 0 amide bonds. The lowest BCUT2D eigenvalue weighted by molar-refractivity contribution is 0.0697. The standard InChI is InChI=1S/C25H20N4O2/c1-29-9-8-16-10-19(12-21(23(16)29)20-5-3-2-4-17(20)13-26)28-24-22(25(30)31)11-18(14-27-24)15-6-7-15/h2-5,8-12,14-15H,6-7H2,1H3,(H,27,28)(H,30,31). The van der Waals surface area contributed by atoms with E-state index in [-0.39, 0.29) is 5.56 Å². The molecule has 0 spiro atoms. The van der Waals surface area contributed by atoms with Gasteiger partial charge in [0.25, 0.3) is 0 Å². The number of carbonyl (C=O) groups is 1. The van der Waals surface area contributed by atoms with Crippen molar-refractivity contribution in [1.82, 2.24) is 9.55 Å². The highest BCUT2D eigenvalue weighted by Gasteiger charge is 2.26. The zero-order chi connectivity index (χ0) is 21.5. The minimum atomic E-state index is -1.01. The number of benzene rings is 2. The lowest BCUT2D eigenvalue weighted by atomic mass is 9.97. The maximum Gasteiger partial charge on any atom is 0.339 e. The summed E-state index contributed by atoms with van der Waals surface area (Å²) in [6, 6.07) is 17.4. The molecule has 2 aromatic carbocycles. The molecular weight excluding hydrogens is 388 g/mol. The Balaban J connectivity index is 1.64. The Bertz CT molecular complexity index is 1380. The molecule has 2 aromatic heterocycles. The van der Waals surface area contributed by atoms with Crippen molar-refractivity contribution < 1.29 is 9.90 Å². The normalized spacial score (nSPS) is 13.2. The summed E-state index contributed by atoms with van der Waals surface area (Å²) in [7, 11) is 1.97. The van der Waals surface area contributed by atoms with Crippen molar-refractivity contribution in [3.8, 4) is 17.2 Å². The van der Waals surface area contributed by atoms with Crippen molar-refractivity contribution in [3.05, 3.63) is 77.6 Å². The Morgan fingerprint density at radius 3 is 2.74 bits per heavy atom. The van der Waals surface area contributed by atoms with E-state index in [0.717, 1.165) is 46.1 Å². The first-order valence-electron chi connectivity index (χ1n) is 10.1. The molecule has 0 saturated heterocycles. The first-order chi connectivity index (χ1) is 15.0. The molecule has 1 fully saturated rings. The molecule has 0 aliphatic heterocycles. The fourth-order valence-corrected chi connectivity index (χ4v) is 4.06. The van der Waals surface area contributed by atoms with E-state index in [1.807, 2.05) is 54.2 Å². The molecule has 152 valence electrons. The number of anilines is 2. The molecule has 1 aliphatic rings. The van der Waals surface area contributed by atoms with Gasteiger partial charge in [0.05, 0.1) is 17.1 Å². The quantitative estimate of drug-likeness (QED) is 0.459. The summed E-state index contributed by atoms with van der Waals surface area (Å²) in [6.07, 6.45) is 5.90. The van der Waals surface area contributed by atoms with Crippen molar-refractivity contribution >= 4 is 28.4 Å². The topological polar surface area (TPSA) is 90.9 Å². The van der Waals surface area contributed by atoms with Gasteiger partial charge in [-0.25, -0.2) is 9.78 Å². The summed E-state index contributed by atoms with van der Waals surface area (Å²) < 4.78 is 2.02. The third-order valence-corrected chi connectivity index (χ3v) is 5.76. The van der Waals surface area contributed by atoms with Gasteiger partial charge in [-0.2, -0.15) is 5.26 Å². The van der Waals surface area contributed by atoms with Crippen molar-refractivity contribution in [1.29, 1.82) is 5.26 Å². The third kappa shape index (κ3) is 3.40. The molecule has 0 bridgehead atoms. The number of hydrogen-bond donors (Lipinski definition) is 2. The van der Waals surface area contributed by atoms with Crippen LogP contribution in [0, 0.1) is 11.3 Å². The number of aromatic carboxylic acids is 1. The van der Waals surface area contributed by atoms with Gasteiger partial charge in [-0.1, -0.05) is 18.2 Å². The number of pyridine rings is 1. The van der Waals surface area contributed by atoms with E-state index in [9.17, 15) is 15.2 Å². The molecule has 4 aromatic rings. The molecule has 0 radical (unpaired) electrons. The molecule has 0 atom stereocenters. The van der Waals surface area contributed by atoms with E-state index in [4.69, 9.17) is 0 Å². The van der Waals surface area contributed by atoms with E-state index < -0.39 is 5.97 Å². The van der Waals surface area contributed by atoms with Crippen LogP contribution in [0.5, 0.6) is 0 Å². The molecule has 0 unspecified atom stereocenters. The van der Waals surface area contributed by atoms with Crippen LogP contribution in [0.4, 0.5) is 11.5 Å². The monoisotopic (exact) mass is 408 g/mol. The zero-order valence-electron chi connectivity index (χ0n) is 17.0. The Kier molecular flexibility index (Phi) is 4.45. The van der Waals surface area contributed by atoms with Crippen LogP contribution in [0.15, 0.2) is 60.9 Å². The number of aryl methyl sites for hydroxylation is 1. The van der Waals surface area contributed by atoms with Crippen LogP contribution in [-0.2, 0) is 7.05 Å². The maximum absolute atomic E-state index is 11.9. The Morgan fingerprint density at radius 2 is 2.00 bits per heavy atom. The second-order valence-electron chi connectivity index (χ2n) is 7.91. The van der Waals surface area contributed by atoms with Gasteiger partial charge in [0.1, 0.15) is 11.4 Å². The molecule has 6 nitrogen and oxygen atoms in total. The summed E-state index contributed by atoms with van der Waals surface area (Å²) >= 11 is 0. The molecule has 6 heteroatoms. The van der Waals surface area contributed by atoms with Crippen LogP contribution in [0.3, 0.4) is 0 Å². The minimum Gasteiger partial charge on any atom is -0.478 e.